The molecule has 0 radical (unpaired) electrons. The van der Waals surface area contributed by atoms with Gasteiger partial charge in [0.25, 0.3) is 5.69 Å². The number of nitrogens with zero attached hydrogens (tertiary/aromatic N) is 1. The zero-order chi connectivity index (χ0) is 15.6. The first kappa shape index (κ1) is 14.6. The minimum absolute atomic E-state index is 0.0790. The van der Waals surface area contributed by atoms with E-state index in [2.05, 4.69) is 4.74 Å². The van der Waals surface area contributed by atoms with Gasteiger partial charge in [-0.1, -0.05) is 6.07 Å². The molecule has 0 saturated carbocycles. The van der Waals surface area contributed by atoms with Crippen molar-refractivity contribution in [3.63, 3.8) is 0 Å². The third kappa shape index (κ3) is 2.71. The lowest BCUT2D eigenvalue weighted by Crippen LogP contribution is -2.03. The van der Waals surface area contributed by atoms with Gasteiger partial charge >= 0.3 is 5.97 Å². The maximum Gasteiger partial charge on any atom is 0.338 e. The van der Waals surface area contributed by atoms with Gasteiger partial charge in [-0.25, -0.2) is 13.6 Å². The Hall–Kier alpha value is -2.83. The van der Waals surface area contributed by atoms with E-state index < -0.39 is 33.8 Å². The first-order valence-electron chi connectivity index (χ1n) is 5.77. The summed E-state index contributed by atoms with van der Waals surface area (Å²) < 4.78 is 32.0. The molecule has 0 unspecified atom stereocenters. The SMILES string of the molecule is COC(=O)c1ccc(-c2c(F)cccc2F)c([N+](=O)[O-])c1. The van der Waals surface area contributed by atoms with Crippen LogP contribution in [0.25, 0.3) is 11.1 Å². The Morgan fingerprint density at radius 3 is 2.33 bits per heavy atom. The highest BCUT2D eigenvalue weighted by molar-refractivity contribution is 5.92. The van der Waals surface area contributed by atoms with Crippen LogP contribution in [0.1, 0.15) is 10.4 Å². The fourth-order valence-electron chi connectivity index (χ4n) is 1.89. The average Bonchev–Trinajstić information content (AvgIpc) is 2.46. The standard InChI is InChI=1S/C14H9F2NO4/c1-21-14(18)8-5-6-9(12(7-8)17(19)20)13-10(15)3-2-4-11(13)16/h2-7H,1H3. The molecule has 0 spiro atoms. The third-order valence-corrected chi connectivity index (χ3v) is 2.85. The first-order valence-corrected chi connectivity index (χ1v) is 5.77. The van der Waals surface area contributed by atoms with E-state index in [9.17, 15) is 23.7 Å². The molecule has 0 aliphatic heterocycles. The van der Waals surface area contributed by atoms with Crippen molar-refractivity contribution in [3.05, 3.63) is 63.7 Å². The van der Waals surface area contributed by atoms with Gasteiger partial charge in [0, 0.05) is 6.07 Å². The van der Waals surface area contributed by atoms with Gasteiger partial charge in [0.15, 0.2) is 0 Å². The van der Waals surface area contributed by atoms with Gasteiger partial charge in [-0.15, -0.1) is 0 Å². The van der Waals surface area contributed by atoms with Crippen LogP contribution in [0.3, 0.4) is 0 Å². The van der Waals surface area contributed by atoms with E-state index in [-0.39, 0.29) is 11.1 Å². The van der Waals surface area contributed by atoms with Crippen LogP contribution in [-0.4, -0.2) is 18.0 Å². The van der Waals surface area contributed by atoms with Crippen molar-refractivity contribution >= 4 is 11.7 Å². The molecule has 0 heterocycles. The summed E-state index contributed by atoms with van der Waals surface area (Å²) in [6, 6.07) is 6.40. The number of rotatable bonds is 3. The largest absolute Gasteiger partial charge is 0.465 e. The summed E-state index contributed by atoms with van der Waals surface area (Å²) in [5.41, 5.74) is -1.42. The maximum absolute atomic E-state index is 13.8. The van der Waals surface area contributed by atoms with Crippen LogP contribution in [-0.2, 0) is 4.74 Å². The molecule has 0 aliphatic rings. The van der Waals surface area contributed by atoms with E-state index in [0.29, 0.717) is 0 Å². The maximum atomic E-state index is 13.8. The lowest BCUT2D eigenvalue weighted by molar-refractivity contribution is -0.384. The summed E-state index contributed by atoms with van der Waals surface area (Å²) in [7, 11) is 1.12. The minimum atomic E-state index is -0.927. The Bertz CT molecular complexity index is 711. The Morgan fingerprint density at radius 1 is 1.19 bits per heavy atom. The predicted molar refractivity (Wildman–Crippen MR) is 69.8 cm³/mol. The second-order valence-electron chi connectivity index (χ2n) is 4.08. The fourth-order valence-corrected chi connectivity index (χ4v) is 1.89. The molecule has 0 fully saturated rings. The quantitative estimate of drug-likeness (QED) is 0.494. The second-order valence-corrected chi connectivity index (χ2v) is 4.08. The molecule has 5 nitrogen and oxygen atoms in total. The number of carbonyl (C=O) groups excluding carboxylic acids is 1. The van der Waals surface area contributed by atoms with Crippen molar-refractivity contribution in [2.45, 2.75) is 0 Å². The van der Waals surface area contributed by atoms with Crippen LogP contribution in [0.2, 0.25) is 0 Å². The highest BCUT2D eigenvalue weighted by atomic mass is 19.1. The van der Waals surface area contributed by atoms with E-state index in [1.165, 1.54) is 6.07 Å². The second kappa shape index (κ2) is 5.66. The summed E-state index contributed by atoms with van der Waals surface area (Å²) in [5, 5.41) is 11.1. The molecule has 2 aromatic rings. The fraction of sp³-hybridized carbons (Fsp3) is 0.0714. The molecule has 108 valence electrons. The van der Waals surface area contributed by atoms with E-state index >= 15 is 0 Å². The zero-order valence-electron chi connectivity index (χ0n) is 10.8. The Kier molecular flexibility index (Phi) is 3.93. The van der Waals surface area contributed by atoms with E-state index in [1.54, 1.807) is 0 Å². The van der Waals surface area contributed by atoms with Crippen molar-refractivity contribution in [1.82, 2.24) is 0 Å². The summed E-state index contributed by atoms with van der Waals surface area (Å²) in [6.45, 7) is 0. The molecule has 0 saturated heterocycles. The molecule has 0 aliphatic carbocycles. The van der Waals surface area contributed by atoms with Crippen LogP contribution in [0.5, 0.6) is 0 Å². The van der Waals surface area contributed by atoms with Gasteiger partial charge in [-0.3, -0.25) is 10.1 Å². The van der Waals surface area contributed by atoms with Gasteiger partial charge in [0.05, 0.1) is 28.7 Å². The molecule has 21 heavy (non-hydrogen) atoms. The highest BCUT2D eigenvalue weighted by Gasteiger charge is 2.23. The minimum Gasteiger partial charge on any atom is -0.465 e. The summed E-state index contributed by atoms with van der Waals surface area (Å²) in [6.07, 6.45) is 0. The number of nitro benzene ring substituents is 1. The van der Waals surface area contributed by atoms with Crippen LogP contribution < -0.4 is 0 Å². The Balaban J connectivity index is 2.70. The molecule has 2 aromatic carbocycles. The lowest BCUT2D eigenvalue weighted by Gasteiger charge is -2.07. The smallest absolute Gasteiger partial charge is 0.338 e. The van der Waals surface area contributed by atoms with Gasteiger partial charge in [-0.05, 0) is 24.3 Å². The van der Waals surface area contributed by atoms with Crippen LogP contribution in [0, 0.1) is 21.7 Å². The van der Waals surface area contributed by atoms with E-state index in [0.717, 1.165) is 37.4 Å². The number of nitro groups is 1. The van der Waals surface area contributed by atoms with E-state index in [1.807, 2.05) is 0 Å². The number of esters is 1. The number of halogens is 2. The van der Waals surface area contributed by atoms with Gasteiger partial charge in [0.2, 0.25) is 0 Å². The monoisotopic (exact) mass is 293 g/mol. The lowest BCUT2D eigenvalue weighted by atomic mass is 10.0. The topological polar surface area (TPSA) is 69.4 Å². The summed E-state index contributed by atoms with van der Waals surface area (Å²) >= 11 is 0. The third-order valence-electron chi connectivity index (χ3n) is 2.85. The molecular formula is C14H9F2NO4. The van der Waals surface area contributed by atoms with Crippen LogP contribution in [0.15, 0.2) is 36.4 Å². The molecular weight excluding hydrogens is 284 g/mol. The van der Waals surface area contributed by atoms with Crippen LogP contribution >= 0.6 is 0 Å². The van der Waals surface area contributed by atoms with Crippen molar-refractivity contribution in [1.29, 1.82) is 0 Å². The molecule has 2 rings (SSSR count). The number of hydrogen-bond donors (Lipinski definition) is 0. The van der Waals surface area contributed by atoms with Crippen LogP contribution in [0.4, 0.5) is 14.5 Å². The molecule has 0 amide bonds. The normalized spacial score (nSPS) is 10.2. The number of benzene rings is 2. The Labute approximate surface area is 117 Å². The predicted octanol–water partition coefficient (Wildman–Crippen LogP) is 3.33. The van der Waals surface area contributed by atoms with Gasteiger partial charge < -0.3 is 4.74 Å². The van der Waals surface area contributed by atoms with Crippen molar-refractivity contribution in [2.75, 3.05) is 7.11 Å². The summed E-state index contributed by atoms with van der Waals surface area (Å²) in [4.78, 5) is 21.7. The number of ether oxygens (including phenoxy) is 1. The van der Waals surface area contributed by atoms with E-state index in [4.69, 9.17) is 0 Å². The van der Waals surface area contributed by atoms with Crippen molar-refractivity contribution < 1.29 is 23.2 Å². The number of carbonyl (C=O) groups is 1. The molecule has 7 heteroatoms. The molecule has 0 aromatic heterocycles. The van der Waals surface area contributed by atoms with Crippen molar-refractivity contribution in [2.24, 2.45) is 0 Å². The van der Waals surface area contributed by atoms with Gasteiger partial charge in [-0.2, -0.15) is 0 Å². The number of hydrogen-bond acceptors (Lipinski definition) is 4. The molecule has 0 N–H and O–H groups in total. The van der Waals surface area contributed by atoms with Gasteiger partial charge in [0.1, 0.15) is 11.6 Å². The first-order chi connectivity index (χ1) is 9.95. The zero-order valence-corrected chi connectivity index (χ0v) is 10.8. The Morgan fingerprint density at radius 2 is 1.81 bits per heavy atom. The summed E-state index contributed by atoms with van der Waals surface area (Å²) in [5.74, 6) is -2.63. The average molecular weight is 293 g/mol. The van der Waals surface area contributed by atoms with Crippen molar-refractivity contribution in [3.8, 4) is 11.1 Å². The number of methoxy groups -OCH3 is 1. The highest BCUT2D eigenvalue weighted by Crippen LogP contribution is 2.34. The molecule has 0 atom stereocenters. The molecule has 0 bridgehead atoms.